The molecule has 1 amide bonds. The number of hydrogen-bond donors (Lipinski definition) is 2. The predicted molar refractivity (Wildman–Crippen MR) is 82.7 cm³/mol. The molecule has 2 rings (SSSR count). The van der Waals surface area contributed by atoms with Gasteiger partial charge in [-0.05, 0) is 31.9 Å². The topological polar surface area (TPSA) is 71.2 Å². The van der Waals surface area contributed by atoms with Crippen molar-refractivity contribution >= 4 is 23.1 Å². The van der Waals surface area contributed by atoms with Crippen molar-refractivity contribution in [1.29, 1.82) is 0 Å². The van der Waals surface area contributed by atoms with Crippen molar-refractivity contribution < 1.29 is 4.79 Å². The van der Waals surface area contributed by atoms with Gasteiger partial charge in [0.2, 0.25) is 0 Å². The highest BCUT2D eigenvalue weighted by Gasteiger charge is 2.21. The highest BCUT2D eigenvalue weighted by Crippen LogP contribution is 2.11. The van der Waals surface area contributed by atoms with Crippen LogP contribution in [0, 0.1) is 6.92 Å². The molecular formula is C14H20N4OS. The summed E-state index contributed by atoms with van der Waals surface area (Å²) in [6, 6.07) is 3.76. The molecule has 0 spiro atoms. The van der Waals surface area contributed by atoms with Crippen molar-refractivity contribution in [2.24, 2.45) is 5.73 Å². The van der Waals surface area contributed by atoms with Gasteiger partial charge >= 0.3 is 0 Å². The molecule has 1 fully saturated rings. The number of pyridine rings is 1. The van der Waals surface area contributed by atoms with E-state index >= 15 is 0 Å². The average molecular weight is 292 g/mol. The molecule has 1 aliphatic heterocycles. The quantitative estimate of drug-likeness (QED) is 0.806. The van der Waals surface area contributed by atoms with Crippen LogP contribution in [0.25, 0.3) is 0 Å². The van der Waals surface area contributed by atoms with E-state index in [2.05, 4.69) is 15.2 Å². The summed E-state index contributed by atoms with van der Waals surface area (Å²) in [7, 11) is 0. The lowest BCUT2D eigenvalue weighted by molar-refractivity contribution is 0.0914. The summed E-state index contributed by atoms with van der Waals surface area (Å²) in [5.74, 6) is -0.0247. The van der Waals surface area contributed by atoms with Crippen LogP contribution in [0.1, 0.15) is 28.9 Å². The standard InChI is InChI=1S/C14H20N4OS/c1-10-8-11(2-5-16-10)14(19)17-12-3-6-18(7-4-12)9-13(15)20/h2,5,8,12H,3-4,6-7,9H2,1H3,(H2,15,20)(H,17,19). The second-order valence-electron chi connectivity index (χ2n) is 5.18. The normalized spacial score (nSPS) is 16.9. The fourth-order valence-electron chi connectivity index (χ4n) is 2.41. The van der Waals surface area contributed by atoms with E-state index in [1.54, 1.807) is 18.3 Å². The van der Waals surface area contributed by atoms with Crippen LogP contribution >= 0.6 is 12.2 Å². The first-order valence-electron chi connectivity index (χ1n) is 6.79. The maximum absolute atomic E-state index is 12.1. The summed E-state index contributed by atoms with van der Waals surface area (Å²) >= 11 is 4.91. The molecule has 0 atom stereocenters. The van der Waals surface area contributed by atoms with Gasteiger partial charge in [-0.15, -0.1) is 0 Å². The van der Waals surface area contributed by atoms with Crippen molar-refractivity contribution in [2.75, 3.05) is 19.6 Å². The first kappa shape index (κ1) is 14.9. The van der Waals surface area contributed by atoms with Gasteiger partial charge in [-0.25, -0.2) is 0 Å². The molecule has 2 heterocycles. The Kier molecular flexibility index (Phi) is 5.03. The van der Waals surface area contributed by atoms with Crippen molar-refractivity contribution in [3.63, 3.8) is 0 Å². The number of nitrogens with two attached hydrogens (primary N) is 1. The Balaban J connectivity index is 1.83. The molecule has 0 unspecified atom stereocenters. The van der Waals surface area contributed by atoms with Gasteiger partial charge in [-0.2, -0.15) is 0 Å². The van der Waals surface area contributed by atoms with Crippen LogP contribution in [0.5, 0.6) is 0 Å². The lowest BCUT2D eigenvalue weighted by atomic mass is 10.0. The number of likely N-dealkylation sites (tertiary alicyclic amines) is 1. The Morgan fingerprint density at radius 2 is 2.25 bits per heavy atom. The molecule has 0 saturated carbocycles. The van der Waals surface area contributed by atoms with Crippen molar-refractivity contribution in [1.82, 2.24) is 15.2 Å². The summed E-state index contributed by atoms with van der Waals surface area (Å²) in [5, 5.41) is 3.08. The van der Waals surface area contributed by atoms with Crippen LogP contribution in [0.2, 0.25) is 0 Å². The van der Waals surface area contributed by atoms with Gasteiger partial charge in [0.15, 0.2) is 0 Å². The van der Waals surface area contributed by atoms with Gasteiger partial charge in [0.05, 0.1) is 4.99 Å². The van der Waals surface area contributed by atoms with Gasteiger partial charge in [0, 0.05) is 43.1 Å². The fourth-order valence-corrected chi connectivity index (χ4v) is 2.59. The van der Waals surface area contributed by atoms with Crippen LogP contribution < -0.4 is 11.1 Å². The zero-order valence-corrected chi connectivity index (χ0v) is 12.4. The van der Waals surface area contributed by atoms with Crippen molar-refractivity contribution in [2.45, 2.75) is 25.8 Å². The van der Waals surface area contributed by atoms with E-state index < -0.39 is 0 Å². The molecular weight excluding hydrogens is 272 g/mol. The lowest BCUT2D eigenvalue weighted by Crippen LogP contribution is -2.46. The van der Waals surface area contributed by atoms with Crippen LogP contribution in [-0.4, -0.2) is 46.5 Å². The molecule has 3 N–H and O–H groups in total. The van der Waals surface area contributed by atoms with Crippen molar-refractivity contribution in [3.8, 4) is 0 Å². The molecule has 1 saturated heterocycles. The minimum absolute atomic E-state index is 0.0247. The van der Waals surface area contributed by atoms with E-state index in [-0.39, 0.29) is 11.9 Å². The molecule has 20 heavy (non-hydrogen) atoms. The first-order chi connectivity index (χ1) is 9.54. The number of aryl methyl sites for hydroxylation is 1. The Bertz CT molecular complexity index is 498. The number of carbonyl (C=O) groups is 1. The SMILES string of the molecule is Cc1cc(C(=O)NC2CCN(CC(N)=S)CC2)ccn1. The zero-order valence-electron chi connectivity index (χ0n) is 11.6. The number of rotatable bonds is 4. The number of nitrogens with zero attached hydrogens (tertiary/aromatic N) is 2. The van der Waals surface area contributed by atoms with Crippen molar-refractivity contribution in [3.05, 3.63) is 29.6 Å². The number of nitrogens with one attached hydrogen (secondary N) is 1. The predicted octanol–water partition coefficient (Wildman–Crippen LogP) is 0.870. The van der Waals surface area contributed by atoms with Gasteiger partial charge in [0.25, 0.3) is 5.91 Å². The highest BCUT2D eigenvalue weighted by atomic mass is 32.1. The highest BCUT2D eigenvalue weighted by molar-refractivity contribution is 7.80. The molecule has 6 heteroatoms. The smallest absolute Gasteiger partial charge is 0.251 e. The van der Waals surface area contributed by atoms with Gasteiger partial charge in [-0.1, -0.05) is 12.2 Å². The Hall–Kier alpha value is -1.53. The summed E-state index contributed by atoms with van der Waals surface area (Å²) in [4.78, 5) is 19.0. The Labute approximate surface area is 124 Å². The van der Waals surface area contributed by atoms with Gasteiger partial charge in [0.1, 0.15) is 0 Å². The third-order valence-corrected chi connectivity index (χ3v) is 3.59. The van der Waals surface area contributed by atoms with E-state index in [0.29, 0.717) is 17.1 Å². The fraction of sp³-hybridized carbons (Fsp3) is 0.500. The van der Waals surface area contributed by atoms with Gasteiger partial charge < -0.3 is 11.1 Å². The first-order valence-corrected chi connectivity index (χ1v) is 7.19. The molecule has 1 aromatic heterocycles. The van der Waals surface area contributed by atoms with E-state index in [1.165, 1.54) is 0 Å². The maximum Gasteiger partial charge on any atom is 0.251 e. The molecule has 0 aliphatic carbocycles. The molecule has 5 nitrogen and oxygen atoms in total. The Morgan fingerprint density at radius 1 is 1.55 bits per heavy atom. The third-order valence-electron chi connectivity index (χ3n) is 3.46. The van der Waals surface area contributed by atoms with Crippen LogP contribution in [-0.2, 0) is 0 Å². The van der Waals surface area contributed by atoms with Crippen LogP contribution in [0.4, 0.5) is 0 Å². The molecule has 108 valence electrons. The van der Waals surface area contributed by atoms with Crippen LogP contribution in [0.3, 0.4) is 0 Å². The molecule has 0 radical (unpaired) electrons. The summed E-state index contributed by atoms with van der Waals surface area (Å²) in [6.45, 7) is 4.37. The number of thiocarbonyl (C=S) groups is 1. The number of amides is 1. The lowest BCUT2D eigenvalue weighted by Gasteiger charge is -2.31. The number of piperidine rings is 1. The summed E-state index contributed by atoms with van der Waals surface area (Å²) in [5.41, 5.74) is 7.06. The second kappa shape index (κ2) is 6.76. The van der Waals surface area contributed by atoms with E-state index in [1.807, 2.05) is 6.92 Å². The van der Waals surface area contributed by atoms with Gasteiger partial charge in [-0.3, -0.25) is 14.7 Å². The van der Waals surface area contributed by atoms with E-state index in [0.717, 1.165) is 31.6 Å². The Morgan fingerprint density at radius 3 is 2.85 bits per heavy atom. The molecule has 1 aromatic rings. The third kappa shape index (κ3) is 4.25. The molecule has 0 bridgehead atoms. The number of aromatic nitrogens is 1. The summed E-state index contributed by atoms with van der Waals surface area (Å²) in [6.07, 6.45) is 3.52. The second-order valence-corrected chi connectivity index (χ2v) is 5.70. The molecule has 0 aromatic carbocycles. The summed E-state index contributed by atoms with van der Waals surface area (Å²) < 4.78 is 0. The zero-order chi connectivity index (χ0) is 14.5. The van der Waals surface area contributed by atoms with Crippen LogP contribution in [0.15, 0.2) is 18.3 Å². The van der Waals surface area contributed by atoms with E-state index in [9.17, 15) is 4.79 Å². The molecule has 1 aliphatic rings. The minimum atomic E-state index is -0.0247. The maximum atomic E-state index is 12.1. The van der Waals surface area contributed by atoms with E-state index in [4.69, 9.17) is 18.0 Å². The minimum Gasteiger partial charge on any atom is -0.392 e. The monoisotopic (exact) mass is 292 g/mol. The number of carbonyl (C=O) groups excluding carboxylic acids is 1. The average Bonchev–Trinajstić information content (AvgIpc) is 2.40. The largest absolute Gasteiger partial charge is 0.392 e. The number of hydrogen-bond acceptors (Lipinski definition) is 4.